The lowest BCUT2D eigenvalue weighted by Gasteiger charge is -2.25. The molecule has 0 unspecified atom stereocenters. The van der Waals surface area contributed by atoms with Crippen LogP contribution in [0.1, 0.15) is 43.4 Å². The lowest BCUT2D eigenvalue weighted by atomic mass is 10.0. The third kappa shape index (κ3) is 7.00. The van der Waals surface area contributed by atoms with Crippen molar-refractivity contribution in [3.63, 3.8) is 0 Å². The highest BCUT2D eigenvalue weighted by atomic mass is 16.5. The summed E-state index contributed by atoms with van der Waals surface area (Å²) < 4.78 is 5.44. The number of carbonyl (C=O) groups excluding carboxylic acids is 1. The molecule has 2 aromatic rings. The Morgan fingerprint density at radius 2 is 1.84 bits per heavy atom. The predicted molar refractivity (Wildman–Crippen MR) is 129 cm³/mol. The van der Waals surface area contributed by atoms with Crippen LogP contribution in [0.4, 0.5) is 0 Å². The molecule has 0 saturated heterocycles. The van der Waals surface area contributed by atoms with Crippen LogP contribution in [0.2, 0.25) is 0 Å². The van der Waals surface area contributed by atoms with Gasteiger partial charge in [-0.25, -0.2) is 5.84 Å². The van der Waals surface area contributed by atoms with Crippen molar-refractivity contribution in [2.75, 3.05) is 33.8 Å². The summed E-state index contributed by atoms with van der Waals surface area (Å²) in [7, 11) is 3.88. The Bertz CT molecular complexity index is 910. The number of hydrazine groups is 1. The number of nitrogens with one attached hydrogen (secondary N) is 1. The number of phenols is 1. The third-order valence-electron chi connectivity index (χ3n) is 5.31. The Morgan fingerprint density at radius 1 is 1.16 bits per heavy atom. The molecular formula is C25H36N4O3. The smallest absolute Gasteiger partial charge is 0.281 e. The molecule has 7 nitrogen and oxygen atoms in total. The zero-order chi connectivity index (χ0) is 23.7. The first-order valence-corrected chi connectivity index (χ1v) is 10.9. The fourth-order valence-corrected chi connectivity index (χ4v) is 3.34. The van der Waals surface area contributed by atoms with Crippen LogP contribution in [-0.2, 0) is 11.3 Å². The molecule has 0 spiro atoms. The first-order chi connectivity index (χ1) is 15.3. The molecule has 0 aliphatic rings. The molecule has 0 heterocycles. The van der Waals surface area contributed by atoms with Gasteiger partial charge in [0.2, 0.25) is 0 Å². The quantitative estimate of drug-likeness (QED) is 0.215. The van der Waals surface area contributed by atoms with Gasteiger partial charge in [-0.1, -0.05) is 50.2 Å². The van der Waals surface area contributed by atoms with Gasteiger partial charge in [-0.3, -0.25) is 10.2 Å². The van der Waals surface area contributed by atoms with Gasteiger partial charge in [0, 0.05) is 32.2 Å². The number of ether oxygens (including phenoxy) is 1. The van der Waals surface area contributed by atoms with E-state index in [-0.39, 0.29) is 5.75 Å². The van der Waals surface area contributed by atoms with E-state index in [9.17, 15) is 9.90 Å². The number of hydrogen-bond acceptors (Lipinski definition) is 6. The summed E-state index contributed by atoms with van der Waals surface area (Å²) in [5, 5.41) is 10.5. The number of para-hydroxylation sites is 1. The van der Waals surface area contributed by atoms with E-state index in [1.54, 1.807) is 24.3 Å². The number of nitrogens with zero attached hydrogens (tertiary/aromatic N) is 2. The molecule has 2 aromatic carbocycles. The highest BCUT2D eigenvalue weighted by molar-refractivity contribution is 5.97. The third-order valence-corrected chi connectivity index (χ3v) is 5.31. The molecule has 174 valence electrons. The zero-order valence-electron chi connectivity index (χ0n) is 19.8. The molecule has 0 bridgehead atoms. The lowest BCUT2D eigenvalue weighted by Crippen LogP contribution is -2.39. The number of likely N-dealkylation sites (N-methyl/N-ethyl adjacent to an activating group) is 2. The van der Waals surface area contributed by atoms with E-state index in [1.807, 2.05) is 25.9 Å². The maximum atomic E-state index is 12.4. The summed E-state index contributed by atoms with van der Waals surface area (Å²) in [6.07, 6.45) is 1.62. The molecule has 0 saturated carbocycles. The van der Waals surface area contributed by atoms with E-state index in [2.05, 4.69) is 48.4 Å². The van der Waals surface area contributed by atoms with Crippen LogP contribution in [0.5, 0.6) is 11.5 Å². The largest absolute Gasteiger partial charge is 0.504 e. The van der Waals surface area contributed by atoms with Gasteiger partial charge < -0.3 is 19.6 Å². The van der Waals surface area contributed by atoms with Crippen LogP contribution in [0.15, 0.2) is 48.2 Å². The van der Waals surface area contributed by atoms with Gasteiger partial charge in [-0.2, -0.15) is 0 Å². The Hall–Kier alpha value is -3.03. The minimum absolute atomic E-state index is 0.00738. The molecule has 2 rings (SSSR count). The second-order valence-electron chi connectivity index (χ2n) is 8.19. The minimum Gasteiger partial charge on any atom is -0.504 e. The molecule has 32 heavy (non-hydrogen) atoms. The van der Waals surface area contributed by atoms with Gasteiger partial charge >= 0.3 is 0 Å². The molecule has 4 N–H and O–H groups in total. The van der Waals surface area contributed by atoms with Gasteiger partial charge in [0.05, 0.1) is 6.61 Å². The molecule has 7 heteroatoms. The fraction of sp³-hybridized carbons (Fsp3) is 0.400. The van der Waals surface area contributed by atoms with E-state index in [4.69, 9.17) is 10.6 Å². The van der Waals surface area contributed by atoms with Crippen LogP contribution in [0, 0.1) is 0 Å². The second kappa shape index (κ2) is 12.1. The predicted octanol–water partition coefficient (Wildman–Crippen LogP) is 3.31. The topological polar surface area (TPSA) is 91.1 Å². The van der Waals surface area contributed by atoms with Crippen molar-refractivity contribution in [3.8, 4) is 11.5 Å². The Kier molecular flexibility index (Phi) is 9.56. The average molecular weight is 441 g/mol. The second-order valence-corrected chi connectivity index (χ2v) is 8.19. The Balaban J connectivity index is 2.08. The first kappa shape index (κ1) is 25.2. The Morgan fingerprint density at radius 3 is 2.44 bits per heavy atom. The van der Waals surface area contributed by atoms with E-state index >= 15 is 0 Å². The maximum absolute atomic E-state index is 12.4. The molecule has 0 aliphatic carbocycles. The number of nitrogens with two attached hydrogens (primary N) is 1. The van der Waals surface area contributed by atoms with Crippen LogP contribution in [0.3, 0.4) is 0 Å². The number of amides is 1. The van der Waals surface area contributed by atoms with Crippen molar-refractivity contribution in [1.29, 1.82) is 0 Å². The molecule has 0 radical (unpaired) electrons. The monoisotopic (exact) mass is 440 g/mol. The minimum atomic E-state index is -0.430. The van der Waals surface area contributed by atoms with E-state index in [0.717, 1.165) is 13.1 Å². The summed E-state index contributed by atoms with van der Waals surface area (Å²) >= 11 is 0. The van der Waals surface area contributed by atoms with E-state index < -0.39 is 5.91 Å². The van der Waals surface area contributed by atoms with Crippen molar-refractivity contribution in [1.82, 2.24) is 15.2 Å². The van der Waals surface area contributed by atoms with Gasteiger partial charge in [-0.15, -0.1) is 0 Å². The average Bonchev–Trinajstić information content (AvgIpc) is 2.78. The first-order valence-electron chi connectivity index (χ1n) is 10.9. The summed E-state index contributed by atoms with van der Waals surface area (Å²) in [6.45, 7) is 8.81. The van der Waals surface area contributed by atoms with Crippen molar-refractivity contribution in [2.24, 2.45) is 5.84 Å². The van der Waals surface area contributed by atoms with Crippen LogP contribution in [0.25, 0.3) is 6.08 Å². The fourth-order valence-electron chi connectivity index (χ4n) is 3.34. The van der Waals surface area contributed by atoms with Crippen molar-refractivity contribution >= 4 is 12.0 Å². The van der Waals surface area contributed by atoms with Crippen LogP contribution in [-0.4, -0.2) is 54.6 Å². The zero-order valence-corrected chi connectivity index (χ0v) is 19.8. The highest BCUT2D eigenvalue weighted by Crippen LogP contribution is 2.31. The van der Waals surface area contributed by atoms with E-state index in [0.29, 0.717) is 36.1 Å². The molecular weight excluding hydrogens is 404 g/mol. The molecule has 0 fully saturated rings. The van der Waals surface area contributed by atoms with Gasteiger partial charge in [0.15, 0.2) is 11.5 Å². The standard InChI is InChI=1S/C25H36N4O3/c1-6-32-23-9-7-8-21(24(23)30)16-22(25(31)27-26)29(5)15-14-28(4)17-19-10-12-20(13-11-19)18(2)3/h7-13,16,18,30H,6,14-15,17,26H2,1-5H3,(H,27,31)/b22-16+. The number of rotatable bonds is 11. The SMILES string of the molecule is CCOc1cccc(/C=C(\C(=O)NN)N(C)CCN(C)Cc2ccc(C(C)C)cc2)c1O. The maximum Gasteiger partial charge on any atom is 0.281 e. The normalized spacial score (nSPS) is 11.7. The summed E-state index contributed by atoms with van der Waals surface area (Å²) in [6, 6.07) is 13.9. The number of phenolic OH excluding ortho intramolecular Hbond substituents is 1. The van der Waals surface area contributed by atoms with Crippen LogP contribution < -0.4 is 16.0 Å². The number of hydrogen-bond donors (Lipinski definition) is 3. The summed E-state index contributed by atoms with van der Waals surface area (Å²) in [5.74, 6) is 5.86. The lowest BCUT2D eigenvalue weighted by molar-refractivity contribution is -0.118. The summed E-state index contributed by atoms with van der Waals surface area (Å²) in [4.78, 5) is 16.5. The van der Waals surface area contributed by atoms with Crippen molar-refractivity contribution < 1.29 is 14.6 Å². The molecule has 0 aromatic heterocycles. The highest BCUT2D eigenvalue weighted by Gasteiger charge is 2.16. The number of benzene rings is 2. The summed E-state index contributed by atoms with van der Waals surface area (Å²) in [5.41, 5.74) is 5.60. The molecule has 0 atom stereocenters. The number of carbonyl (C=O) groups is 1. The van der Waals surface area contributed by atoms with Gasteiger partial charge in [0.1, 0.15) is 5.70 Å². The van der Waals surface area contributed by atoms with E-state index in [1.165, 1.54) is 11.1 Å². The van der Waals surface area contributed by atoms with Crippen molar-refractivity contribution in [3.05, 3.63) is 64.9 Å². The van der Waals surface area contributed by atoms with Gasteiger partial charge in [-0.05, 0) is 43.2 Å². The van der Waals surface area contributed by atoms with Crippen LogP contribution >= 0.6 is 0 Å². The Labute approximate surface area is 191 Å². The molecule has 1 amide bonds. The number of aromatic hydroxyl groups is 1. The van der Waals surface area contributed by atoms with Crippen molar-refractivity contribution in [2.45, 2.75) is 33.2 Å². The van der Waals surface area contributed by atoms with Gasteiger partial charge in [0.25, 0.3) is 5.91 Å². The molecule has 0 aliphatic heterocycles.